The Balaban J connectivity index is 1.17. The van der Waals surface area contributed by atoms with Gasteiger partial charge >= 0.3 is 0 Å². The minimum absolute atomic E-state index is 0.0175. The third-order valence-electron chi connectivity index (χ3n) is 9.26. The molecule has 0 saturated carbocycles. The molecule has 2 atom stereocenters. The molecule has 4 aromatic rings. The first kappa shape index (κ1) is 30.0. The molecule has 0 aliphatic carbocycles. The number of rotatable bonds is 5. The summed E-state index contributed by atoms with van der Waals surface area (Å²) in [6.07, 6.45) is 0.929. The fourth-order valence-corrected chi connectivity index (χ4v) is 7.33. The number of piperidine rings is 1. The number of para-hydroxylation sites is 1. The van der Waals surface area contributed by atoms with Crippen LogP contribution in [0.1, 0.15) is 38.7 Å². The quantitative estimate of drug-likeness (QED) is 0.306. The summed E-state index contributed by atoms with van der Waals surface area (Å²) in [6.45, 7) is 3.93. The van der Waals surface area contributed by atoms with Crippen molar-refractivity contribution in [3.8, 4) is 0 Å². The summed E-state index contributed by atoms with van der Waals surface area (Å²) in [4.78, 5) is 45.6. The van der Waals surface area contributed by atoms with Crippen molar-refractivity contribution >= 4 is 40.5 Å². The minimum atomic E-state index is -0.975. The van der Waals surface area contributed by atoms with Crippen LogP contribution in [0.2, 0.25) is 5.02 Å². The Morgan fingerprint density at radius 3 is 2.28 bits per heavy atom. The topological polar surface area (TPSA) is 77.9 Å². The second kappa shape index (κ2) is 12.2. The van der Waals surface area contributed by atoms with Crippen molar-refractivity contribution in [2.75, 3.05) is 54.4 Å². The molecule has 236 valence electrons. The molecule has 0 radical (unpaired) electrons. The Hall–Kier alpha value is -4.70. The molecule has 4 heterocycles. The summed E-state index contributed by atoms with van der Waals surface area (Å²) in [7, 11) is 0. The van der Waals surface area contributed by atoms with E-state index < -0.39 is 23.1 Å². The van der Waals surface area contributed by atoms with Crippen LogP contribution in [0.5, 0.6) is 0 Å². The summed E-state index contributed by atoms with van der Waals surface area (Å²) >= 11 is 6.39. The maximum absolute atomic E-state index is 14.6. The third-order valence-corrected chi connectivity index (χ3v) is 9.58. The molecule has 3 aliphatic heterocycles. The Morgan fingerprint density at radius 1 is 0.783 bits per heavy atom. The lowest BCUT2D eigenvalue weighted by Crippen LogP contribution is -2.49. The van der Waals surface area contributed by atoms with Gasteiger partial charge in [-0.05, 0) is 60.9 Å². The van der Waals surface area contributed by atoms with E-state index in [0.717, 1.165) is 29.9 Å². The van der Waals surface area contributed by atoms with Gasteiger partial charge in [0.2, 0.25) is 0 Å². The number of carbonyl (C=O) groups excluding carboxylic acids is 2. The number of anilines is 3. The molecule has 3 aliphatic rings. The average Bonchev–Trinajstić information content (AvgIpc) is 3.05. The lowest BCUT2D eigenvalue weighted by molar-refractivity contribution is 0.0746. The first-order valence-corrected chi connectivity index (χ1v) is 15.8. The highest BCUT2D eigenvalue weighted by molar-refractivity contribution is 6.33. The number of piperazine rings is 1. The van der Waals surface area contributed by atoms with Gasteiger partial charge in [-0.2, -0.15) is 0 Å². The second-order valence-corrected chi connectivity index (χ2v) is 12.5. The number of halogens is 3. The van der Waals surface area contributed by atoms with Crippen molar-refractivity contribution in [3.63, 3.8) is 0 Å². The van der Waals surface area contributed by atoms with Gasteiger partial charge in [-0.15, -0.1) is 0 Å². The van der Waals surface area contributed by atoms with E-state index in [4.69, 9.17) is 11.6 Å². The Morgan fingerprint density at radius 2 is 1.52 bits per heavy atom. The molecule has 1 N–H and O–H groups in total. The van der Waals surface area contributed by atoms with Gasteiger partial charge in [0.1, 0.15) is 17.2 Å². The van der Waals surface area contributed by atoms with Crippen LogP contribution < -0.4 is 20.7 Å². The van der Waals surface area contributed by atoms with Crippen LogP contribution in [0.4, 0.5) is 25.8 Å². The molecule has 46 heavy (non-hydrogen) atoms. The first-order chi connectivity index (χ1) is 22.3. The zero-order valence-electron chi connectivity index (χ0n) is 25.0. The molecule has 7 rings (SSSR count). The Labute approximate surface area is 269 Å². The third kappa shape index (κ3) is 5.62. The summed E-state index contributed by atoms with van der Waals surface area (Å²) < 4.78 is 31.1. The predicted octanol–water partition coefficient (Wildman–Crippen LogP) is 5.62. The molecule has 0 spiro atoms. The molecule has 1 aromatic heterocycles. The van der Waals surface area contributed by atoms with Crippen LogP contribution in [-0.4, -0.2) is 60.5 Å². The number of carbonyl (C=O) groups is 2. The SMILES string of the molecule is O=C(Nc1cc(C(=O)N2CCN(c3ccccc3Cl)CC2)ccc1N1CC2CC(C1)c1cccc(=O)n1C2)c1c(F)cccc1F. The van der Waals surface area contributed by atoms with E-state index in [1.165, 1.54) is 6.07 Å². The maximum Gasteiger partial charge on any atom is 0.261 e. The highest BCUT2D eigenvalue weighted by Crippen LogP contribution is 2.39. The number of nitrogens with one attached hydrogen (secondary N) is 1. The maximum atomic E-state index is 14.6. The number of hydrogen-bond acceptors (Lipinski definition) is 5. The molecule has 8 nitrogen and oxygen atoms in total. The van der Waals surface area contributed by atoms with Crippen LogP contribution in [0, 0.1) is 17.6 Å². The molecule has 2 amide bonds. The van der Waals surface area contributed by atoms with E-state index in [-0.39, 0.29) is 23.3 Å². The van der Waals surface area contributed by atoms with Gasteiger partial charge in [0.15, 0.2) is 0 Å². The molecule has 3 aromatic carbocycles. The number of hydrogen-bond donors (Lipinski definition) is 1. The zero-order valence-corrected chi connectivity index (χ0v) is 25.7. The van der Waals surface area contributed by atoms with Crippen LogP contribution in [0.15, 0.2) is 83.7 Å². The lowest BCUT2D eigenvalue weighted by atomic mass is 9.83. The van der Waals surface area contributed by atoms with E-state index in [9.17, 15) is 23.2 Å². The van der Waals surface area contributed by atoms with Crippen molar-refractivity contribution in [1.29, 1.82) is 0 Å². The lowest BCUT2D eigenvalue weighted by Gasteiger charge is -2.44. The van der Waals surface area contributed by atoms with Crippen molar-refractivity contribution in [2.45, 2.75) is 18.9 Å². The number of benzene rings is 3. The fourth-order valence-electron chi connectivity index (χ4n) is 7.08. The summed E-state index contributed by atoms with van der Waals surface area (Å²) in [6, 6.07) is 21.3. The van der Waals surface area contributed by atoms with Crippen LogP contribution in [0.3, 0.4) is 0 Å². The van der Waals surface area contributed by atoms with Crippen molar-refractivity contribution in [1.82, 2.24) is 9.47 Å². The van der Waals surface area contributed by atoms with Gasteiger partial charge in [0.25, 0.3) is 17.4 Å². The molecule has 2 bridgehead atoms. The number of fused-ring (bicyclic) bond motifs is 4. The van der Waals surface area contributed by atoms with E-state index in [1.807, 2.05) is 34.9 Å². The van der Waals surface area contributed by atoms with Gasteiger partial charge in [-0.3, -0.25) is 14.4 Å². The second-order valence-electron chi connectivity index (χ2n) is 12.1. The van der Waals surface area contributed by atoms with Crippen LogP contribution >= 0.6 is 11.6 Å². The monoisotopic (exact) mass is 643 g/mol. The van der Waals surface area contributed by atoms with Gasteiger partial charge in [-0.1, -0.05) is 35.9 Å². The molecule has 11 heteroatoms. The zero-order chi connectivity index (χ0) is 31.9. The summed E-state index contributed by atoms with van der Waals surface area (Å²) in [5.74, 6) is -2.82. The fraction of sp³-hybridized carbons (Fsp3) is 0.286. The van der Waals surface area contributed by atoms with E-state index in [2.05, 4.69) is 15.1 Å². The number of pyridine rings is 1. The standard InChI is InChI=1S/C35H32ClF2N5O3/c36-25-5-1-2-8-30(25)40-13-15-41(16-14-40)35(46)23-11-12-31(28(18-23)39-34(45)33-26(37)6-3-7-27(33)38)42-19-22-17-24(21-42)29-9-4-10-32(44)43(29)20-22/h1-12,18,22,24H,13-17,19-21H2,(H,39,45). The molecule has 2 fully saturated rings. The van der Waals surface area contributed by atoms with Gasteiger partial charge in [0, 0.05) is 69.1 Å². The van der Waals surface area contributed by atoms with Gasteiger partial charge in [-0.25, -0.2) is 8.78 Å². The molecular weight excluding hydrogens is 612 g/mol. The predicted molar refractivity (Wildman–Crippen MR) is 174 cm³/mol. The normalized spacial score (nSPS) is 19.1. The summed E-state index contributed by atoms with van der Waals surface area (Å²) in [5, 5.41) is 3.38. The van der Waals surface area contributed by atoms with Gasteiger partial charge < -0.3 is 24.6 Å². The minimum Gasteiger partial charge on any atom is -0.369 e. The van der Waals surface area contributed by atoms with Crippen LogP contribution in [0.25, 0.3) is 0 Å². The Bertz CT molecular complexity index is 1870. The largest absolute Gasteiger partial charge is 0.369 e. The highest BCUT2D eigenvalue weighted by Gasteiger charge is 2.36. The van der Waals surface area contributed by atoms with Gasteiger partial charge in [0.05, 0.1) is 22.1 Å². The van der Waals surface area contributed by atoms with Crippen molar-refractivity contribution in [3.05, 3.63) is 123 Å². The first-order valence-electron chi connectivity index (χ1n) is 15.4. The number of amides is 2. The van der Waals surface area contributed by atoms with Crippen molar-refractivity contribution < 1.29 is 18.4 Å². The molecule has 2 saturated heterocycles. The molecular formula is C35H32ClF2N5O3. The van der Waals surface area contributed by atoms with E-state index >= 15 is 0 Å². The molecule has 2 unspecified atom stereocenters. The van der Waals surface area contributed by atoms with E-state index in [0.29, 0.717) is 67.8 Å². The average molecular weight is 644 g/mol. The van der Waals surface area contributed by atoms with Crippen molar-refractivity contribution in [2.24, 2.45) is 5.92 Å². The van der Waals surface area contributed by atoms with E-state index in [1.54, 1.807) is 35.2 Å². The Kier molecular flexibility index (Phi) is 7.98. The van der Waals surface area contributed by atoms with Crippen LogP contribution in [-0.2, 0) is 6.54 Å². The smallest absolute Gasteiger partial charge is 0.261 e. The summed E-state index contributed by atoms with van der Waals surface area (Å²) in [5.41, 5.74) is 2.47. The number of nitrogens with zero attached hydrogens (tertiary/aromatic N) is 4. The number of aromatic nitrogens is 1. The highest BCUT2D eigenvalue weighted by atomic mass is 35.5.